The molecule has 0 aliphatic carbocycles. The number of likely N-dealkylation sites (tertiary alicyclic amines) is 1. The third-order valence-corrected chi connectivity index (χ3v) is 5.51. The molecule has 2 amide bonds. The summed E-state index contributed by atoms with van der Waals surface area (Å²) in [6.45, 7) is 2.10. The zero-order chi connectivity index (χ0) is 19.1. The molecule has 1 aromatic carbocycles. The second kappa shape index (κ2) is 9.48. The maximum atomic E-state index is 12.5. The van der Waals surface area contributed by atoms with E-state index in [1.54, 1.807) is 6.08 Å². The smallest absolute Gasteiger partial charge is 0.253 e. The molecule has 1 saturated heterocycles. The van der Waals surface area contributed by atoms with Gasteiger partial charge in [0.05, 0.1) is 6.61 Å². The maximum Gasteiger partial charge on any atom is 0.253 e. The number of aliphatic hydroxyl groups excluding tert-OH is 1. The number of hydrogen-bond acceptors (Lipinski definition) is 4. The van der Waals surface area contributed by atoms with Gasteiger partial charge in [-0.05, 0) is 60.0 Å². The van der Waals surface area contributed by atoms with E-state index in [4.69, 9.17) is 5.11 Å². The summed E-state index contributed by atoms with van der Waals surface area (Å²) < 4.78 is 0. The first-order chi connectivity index (χ1) is 13.2. The van der Waals surface area contributed by atoms with Crippen LogP contribution in [0.5, 0.6) is 0 Å². The highest BCUT2D eigenvalue weighted by Gasteiger charge is 2.17. The Balaban J connectivity index is 1.49. The van der Waals surface area contributed by atoms with Crippen molar-refractivity contribution >= 4 is 29.2 Å². The van der Waals surface area contributed by atoms with Crippen LogP contribution in [0.25, 0.3) is 6.08 Å². The van der Waals surface area contributed by atoms with Gasteiger partial charge in [-0.1, -0.05) is 12.1 Å². The SMILES string of the molecule is O=C(/C=C/c1cc(CO)cs1)NCc1ccc(C(=O)N2CCCCC2)cc1. The molecule has 0 saturated carbocycles. The molecule has 2 aromatic rings. The van der Waals surface area contributed by atoms with E-state index in [2.05, 4.69) is 5.32 Å². The summed E-state index contributed by atoms with van der Waals surface area (Å²) in [5.41, 5.74) is 2.49. The molecule has 6 heteroatoms. The molecule has 5 nitrogen and oxygen atoms in total. The van der Waals surface area contributed by atoms with Crippen molar-refractivity contribution in [2.24, 2.45) is 0 Å². The summed E-state index contributed by atoms with van der Waals surface area (Å²) >= 11 is 1.48. The fourth-order valence-electron chi connectivity index (χ4n) is 3.02. The highest BCUT2D eigenvalue weighted by Crippen LogP contribution is 2.16. The molecule has 1 aliphatic rings. The van der Waals surface area contributed by atoms with Gasteiger partial charge in [-0.3, -0.25) is 9.59 Å². The third-order valence-electron chi connectivity index (χ3n) is 4.57. The van der Waals surface area contributed by atoms with Crippen LogP contribution in [0, 0.1) is 0 Å². The van der Waals surface area contributed by atoms with Crippen molar-refractivity contribution in [2.75, 3.05) is 13.1 Å². The zero-order valence-electron chi connectivity index (χ0n) is 15.2. The van der Waals surface area contributed by atoms with Gasteiger partial charge in [0.25, 0.3) is 5.91 Å². The van der Waals surface area contributed by atoms with E-state index in [9.17, 15) is 9.59 Å². The van der Waals surface area contributed by atoms with Crippen LogP contribution in [0.1, 0.15) is 45.6 Å². The number of nitrogens with zero attached hydrogens (tertiary/aromatic N) is 1. The lowest BCUT2D eigenvalue weighted by Crippen LogP contribution is -2.35. The average molecular weight is 385 g/mol. The fraction of sp³-hybridized carbons (Fsp3) is 0.333. The van der Waals surface area contributed by atoms with E-state index in [0.29, 0.717) is 12.1 Å². The molecule has 0 bridgehead atoms. The zero-order valence-corrected chi connectivity index (χ0v) is 16.0. The predicted octanol–water partition coefficient (Wildman–Crippen LogP) is 3.20. The Hall–Kier alpha value is -2.44. The number of hydrogen-bond donors (Lipinski definition) is 2. The van der Waals surface area contributed by atoms with Crippen LogP contribution in [-0.2, 0) is 17.9 Å². The highest BCUT2D eigenvalue weighted by atomic mass is 32.1. The molecule has 2 heterocycles. The van der Waals surface area contributed by atoms with E-state index >= 15 is 0 Å². The topological polar surface area (TPSA) is 69.6 Å². The van der Waals surface area contributed by atoms with E-state index in [0.717, 1.165) is 41.9 Å². The van der Waals surface area contributed by atoms with Crippen LogP contribution in [0.4, 0.5) is 0 Å². The molecule has 1 aliphatic heterocycles. The van der Waals surface area contributed by atoms with Gasteiger partial charge in [0, 0.05) is 36.2 Å². The standard InChI is InChI=1S/C21H24N2O3S/c24-14-17-12-19(27-15-17)8-9-20(25)22-13-16-4-6-18(7-5-16)21(26)23-10-2-1-3-11-23/h4-9,12,15,24H,1-3,10-11,13-14H2,(H,22,25)/b9-8+. The number of carbonyl (C=O) groups excluding carboxylic acids is 2. The van der Waals surface area contributed by atoms with Gasteiger partial charge in [-0.25, -0.2) is 0 Å². The normalized spacial score (nSPS) is 14.5. The van der Waals surface area contributed by atoms with Gasteiger partial charge in [0.2, 0.25) is 5.91 Å². The number of aliphatic hydroxyl groups is 1. The lowest BCUT2D eigenvalue weighted by molar-refractivity contribution is -0.116. The molecule has 0 atom stereocenters. The van der Waals surface area contributed by atoms with Crippen LogP contribution in [0.2, 0.25) is 0 Å². The lowest BCUT2D eigenvalue weighted by Gasteiger charge is -2.26. The van der Waals surface area contributed by atoms with Gasteiger partial charge >= 0.3 is 0 Å². The molecular weight excluding hydrogens is 360 g/mol. The number of thiophene rings is 1. The molecule has 1 fully saturated rings. The highest BCUT2D eigenvalue weighted by molar-refractivity contribution is 7.11. The number of nitrogens with one attached hydrogen (secondary N) is 1. The van der Waals surface area contributed by atoms with Crippen molar-refractivity contribution < 1.29 is 14.7 Å². The van der Waals surface area contributed by atoms with Gasteiger partial charge in [-0.2, -0.15) is 0 Å². The molecule has 0 unspecified atom stereocenters. The molecule has 2 N–H and O–H groups in total. The summed E-state index contributed by atoms with van der Waals surface area (Å²) in [5.74, 6) is -0.0890. The average Bonchev–Trinajstić information content (AvgIpc) is 3.19. The minimum Gasteiger partial charge on any atom is -0.392 e. The number of amides is 2. The monoisotopic (exact) mass is 384 g/mol. The third kappa shape index (κ3) is 5.52. The number of carbonyl (C=O) groups is 2. The largest absolute Gasteiger partial charge is 0.392 e. The van der Waals surface area contributed by atoms with E-state index < -0.39 is 0 Å². The van der Waals surface area contributed by atoms with Gasteiger partial charge < -0.3 is 15.3 Å². The molecule has 3 rings (SSSR count). The number of rotatable bonds is 6. The van der Waals surface area contributed by atoms with Crippen LogP contribution in [-0.4, -0.2) is 34.9 Å². The summed E-state index contributed by atoms with van der Waals surface area (Å²) in [5, 5.41) is 13.7. The molecule has 1 aromatic heterocycles. The Morgan fingerprint density at radius 2 is 1.85 bits per heavy atom. The first-order valence-electron chi connectivity index (χ1n) is 9.18. The molecule has 27 heavy (non-hydrogen) atoms. The minimum absolute atomic E-state index is 0.00674. The summed E-state index contributed by atoms with van der Waals surface area (Å²) in [6, 6.07) is 9.28. The van der Waals surface area contributed by atoms with Gasteiger partial charge in [0.15, 0.2) is 0 Å². The summed E-state index contributed by atoms with van der Waals surface area (Å²) in [7, 11) is 0. The van der Waals surface area contributed by atoms with Crippen molar-refractivity contribution in [3.8, 4) is 0 Å². The Morgan fingerprint density at radius 1 is 1.11 bits per heavy atom. The lowest BCUT2D eigenvalue weighted by atomic mass is 10.1. The van der Waals surface area contributed by atoms with Gasteiger partial charge in [-0.15, -0.1) is 11.3 Å². The predicted molar refractivity (Wildman–Crippen MR) is 107 cm³/mol. The van der Waals surface area contributed by atoms with Crippen LogP contribution < -0.4 is 5.32 Å². The van der Waals surface area contributed by atoms with E-state index in [1.807, 2.05) is 40.6 Å². The van der Waals surface area contributed by atoms with Crippen molar-refractivity contribution in [1.82, 2.24) is 10.2 Å². The van der Waals surface area contributed by atoms with Crippen LogP contribution in [0.3, 0.4) is 0 Å². The second-order valence-corrected chi connectivity index (χ2v) is 7.56. The molecular formula is C21H24N2O3S. The first-order valence-corrected chi connectivity index (χ1v) is 10.1. The fourth-order valence-corrected chi connectivity index (χ4v) is 3.81. The van der Waals surface area contributed by atoms with Gasteiger partial charge in [0.1, 0.15) is 0 Å². The number of piperidine rings is 1. The summed E-state index contributed by atoms with van der Waals surface area (Å²) in [4.78, 5) is 27.2. The Morgan fingerprint density at radius 3 is 2.52 bits per heavy atom. The van der Waals surface area contributed by atoms with Crippen molar-refractivity contribution in [2.45, 2.75) is 32.4 Å². The molecule has 0 spiro atoms. The van der Waals surface area contributed by atoms with E-state index in [1.165, 1.54) is 23.8 Å². The minimum atomic E-state index is -0.178. The van der Waals surface area contributed by atoms with Crippen LogP contribution >= 0.6 is 11.3 Å². The second-order valence-electron chi connectivity index (χ2n) is 6.62. The van der Waals surface area contributed by atoms with Crippen molar-refractivity contribution in [3.63, 3.8) is 0 Å². The first kappa shape index (κ1) is 19.3. The molecule has 142 valence electrons. The van der Waals surface area contributed by atoms with Crippen LogP contribution in [0.15, 0.2) is 41.8 Å². The Kier molecular flexibility index (Phi) is 6.79. The van der Waals surface area contributed by atoms with E-state index in [-0.39, 0.29) is 18.4 Å². The number of benzene rings is 1. The Labute approximate surface area is 163 Å². The Bertz CT molecular complexity index is 805. The van der Waals surface area contributed by atoms with Crippen molar-refractivity contribution in [1.29, 1.82) is 0 Å². The summed E-state index contributed by atoms with van der Waals surface area (Å²) in [6.07, 6.45) is 6.58. The molecule has 0 radical (unpaired) electrons. The quantitative estimate of drug-likeness (QED) is 0.752. The maximum absolute atomic E-state index is 12.5. The van der Waals surface area contributed by atoms with Crippen molar-refractivity contribution in [3.05, 3.63) is 63.4 Å².